The number of nitrogens with zero attached hydrogens (tertiary/aromatic N) is 1. The second kappa shape index (κ2) is 5.58. The summed E-state index contributed by atoms with van der Waals surface area (Å²) in [4.78, 5) is 2.43. The third-order valence-corrected chi connectivity index (χ3v) is 4.53. The molecule has 3 nitrogen and oxygen atoms in total. The van der Waals surface area contributed by atoms with Crippen LogP contribution < -0.4 is 5.32 Å². The number of furan rings is 1. The summed E-state index contributed by atoms with van der Waals surface area (Å²) in [6.45, 7) is 4.08. The molecule has 1 aromatic carbocycles. The Balaban J connectivity index is 1.87. The van der Waals surface area contributed by atoms with Crippen LogP contribution in [0.2, 0.25) is 0 Å². The van der Waals surface area contributed by atoms with Crippen LogP contribution in [0.1, 0.15) is 31.1 Å². The van der Waals surface area contributed by atoms with Crippen molar-refractivity contribution in [3.63, 3.8) is 0 Å². The van der Waals surface area contributed by atoms with Gasteiger partial charge in [-0.05, 0) is 45.8 Å². The van der Waals surface area contributed by atoms with E-state index >= 15 is 0 Å². The third kappa shape index (κ3) is 2.60. The molecule has 0 bridgehead atoms. The van der Waals surface area contributed by atoms with Crippen LogP contribution in [0.3, 0.4) is 0 Å². The highest BCUT2D eigenvalue weighted by atomic mass is 16.3. The van der Waals surface area contributed by atoms with Crippen LogP contribution in [-0.2, 0) is 13.1 Å². The molecule has 1 saturated carbocycles. The monoisotopic (exact) mass is 272 g/mol. The number of rotatable bonds is 6. The Morgan fingerprint density at radius 1 is 1.35 bits per heavy atom. The zero-order valence-electron chi connectivity index (χ0n) is 12.6. The maximum atomic E-state index is 6.09. The first-order chi connectivity index (χ1) is 9.70. The van der Waals surface area contributed by atoms with Crippen LogP contribution in [0.25, 0.3) is 11.0 Å². The molecule has 3 heteroatoms. The Bertz CT molecular complexity index is 586. The SMILES string of the molecule is CNCc1c(CN(C)C(C)C2CC2)oc2ccccc12. The van der Waals surface area contributed by atoms with E-state index in [-0.39, 0.29) is 0 Å². The van der Waals surface area contributed by atoms with Crippen molar-refractivity contribution >= 4 is 11.0 Å². The van der Waals surface area contributed by atoms with Crippen molar-refractivity contribution in [1.82, 2.24) is 10.2 Å². The van der Waals surface area contributed by atoms with Crippen molar-refractivity contribution in [2.75, 3.05) is 14.1 Å². The number of para-hydroxylation sites is 1. The fourth-order valence-corrected chi connectivity index (χ4v) is 2.96. The fraction of sp³-hybridized carbons (Fsp3) is 0.529. The van der Waals surface area contributed by atoms with E-state index in [4.69, 9.17) is 4.42 Å². The number of fused-ring (bicyclic) bond motifs is 1. The molecule has 1 aliphatic rings. The van der Waals surface area contributed by atoms with E-state index in [1.807, 2.05) is 13.1 Å². The summed E-state index contributed by atoms with van der Waals surface area (Å²) in [5, 5.41) is 4.50. The molecule has 1 unspecified atom stereocenters. The molecular weight excluding hydrogens is 248 g/mol. The van der Waals surface area contributed by atoms with Crippen LogP contribution in [0.15, 0.2) is 28.7 Å². The minimum absolute atomic E-state index is 0.644. The lowest BCUT2D eigenvalue weighted by atomic mass is 10.1. The average Bonchev–Trinajstić information content (AvgIpc) is 3.24. The molecule has 0 saturated heterocycles. The summed E-state index contributed by atoms with van der Waals surface area (Å²) in [5.74, 6) is 1.99. The molecule has 1 atom stereocenters. The first kappa shape index (κ1) is 13.7. The molecule has 0 radical (unpaired) electrons. The Morgan fingerprint density at radius 3 is 2.80 bits per heavy atom. The van der Waals surface area contributed by atoms with Gasteiger partial charge < -0.3 is 9.73 Å². The maximum absolute atomic E-state index is 6.09. The summed E-state index contributed by atoms with van der Waals surface area (Å²) in [7, 11) is 4.20. The van der Waals surface area contributed by atoms with E-state index in [0.29, 0.717) is 6.04 Å². The maximum Gasteiger partial charge on any atom is 0.134 e. The first-order valence-corrected chi connectivity index (χ1v) is 7.55. The molecule has 0 amide bonds. The lowest BCUT2D eigenvalue weighted by Gasteiger charge is -2.23. The average molecular weight is 272 g/mol. The zero-order chi connectivity index (χ0) is 14.1. The van der Waals surface area contributed by atoms with Gasteiger partial charge >= 0.3 is 0 Å². The van der Waals surface area contributed by atoms with E-state index < -0.39 is 0 Å². The van der Waals surface area contributed by atoms with Gasteiger partial charge in [0.2, 0.25) is 0 Å². The second-order valence-electron chi connectivity index (χ2n) is 6.02. The van der Waals surface area contributed by atoms with Gasteiger partial charge in [-0.3, -0.25) is 4.90 Å². The van der Waals surface area contributed by atoms with E-state index in [9.17, 15) is 0 Å². The van der Waals surface area contributed by atoms with Gasteiger partial charge in [0.1, 0.15) is 11.3 Å². The minimum Gasteiger partial charge on any atom is -0.459 e. The molecule has 108 valence electrons. The molecule has 1 N–H and O–H groups in total. The van der Waals surface area contributed by atoms with Crippen molar-refractivity contribution in [1.29, 1.82) is 0 Å². The summed E-state index contributed by atoms with van der Waals surface area (Å²) in [5.41, 5.74) is 2.30. The largest absolute Gasteiger partial charge is 0.459 e. The van der Waals surface area contributed by atoms with E-state index in [1.54, 1.807) is 0 Å². The van der Waals surface area contributed by atoms with Crippen molar-refractivity contribution in [3.8, 4) is 0 Å². The van der Waals surface area contributed by atoms with Crippen LogP contribution >= 0.6 is 0 Å². The molecule has 20 heavy (non-hydrogen) atoms. The molecule has 0 spiro atoms. The van der Waals surface area contributed by atoms with E-state index in [2.05, 4.69) is 42.4 Å². The summed E-state index contributed by atoms with van der Waals surface area (Å²) < 4.78 is 6.09. The predicted molar refractivity (Wildman–Crippen MR) is 82.6 cm³/mol. The minimum atomic E-state index is 0.644. The van der Waals surface area contributed by atoms with Gasteiger partial charge in [0.05, 0.1) is 6.54 Å². The van der Waals surface area contributed by atoms with Crippen molar-refractivity contribution in [2.45, 2.75) is 38.9 Å². The van der Waals surface area contributed by atoms with E-state index in [1.165, 1.54) is 23.8 Å². The second-order valence-corrected chi connectivity index (χ2v) is 6.02. The quantitative estimate of drug-likeness (QED) is 0.874. The molecule has 2 aromatic rings. The molecule has 0 aliphatic heterocycles. The first-order valence-electron chi connectivity index (χ1n) is 7.55. The highest BCUT2D eigenvalue weighted by Crippen LogP contribution is 2.35. The van der Waals surface area contributed by atoms with Gasteiger partial charge in [0, 0.05) is 23.5 Å². The van der Waals surface area contributed by atoms with Gasteiger partial charge in [0.25, 0.3) is 0 Å². The molecule has 1 heterocycles. The predicted octanol–water partition coefficient (Wildman–Crippen LogP) is 3.38. The smallest absolute Gasteiger partial charge is 0.134 e. The Labute approximate surface area is 120 Å². The topological polar surface area (TPSA) is 28.4 Å². The van der Waals surface area contributed by atoms with Crippen LogP contribution in [0.5, 0.6) is 0 Å². The molecular formula is C17H24N2O. The van der Waals surface area contributed by atoms with Crippen LogP contribution in [0.4, 0.5) is 0 Å². The lowest BCUT2D eigenvalue weighted by molar-refractivity contribution is 0.210. The van der Waals surface area contributed by atoms with Gasteiger partial charge in [-0.15, -0.1) is 0 Å². The van der Waals surface area contributed by atoms with Crippen LogP contribution in [-0.4, -0.2) is 25.0 Å². The normalized spacial score (nSPS) is 17.0. The Hall–Kier alpha value is -1.32. The Morgan fingerprint density at radius 2 is 2.10 bits per heavy atom. The number of nitrogens with one attached hydrogen (secondary N) is 1. The summed E-state index contributed by atoms with van der Waals surface area (Å²) >= 11 is 0. The number of hydrogen-bond acceptors (Lipinski definition) is 3. The summed E-state index contributed by atoms with van der Waals surface area (Å²) in [6.07, 6.45) is 2.77. The molecule has 1 fully saturated rings. The van der Waals surface area contributed by atoms with E-state index in [0.717, 1.165) is 30.4 Å². The molecule has 1 aromatic heterocycles. The Kier molecular flexibility index (Phi) is 3.81. The van der Waals surface area contributed by atoms with Gasteiger partial charge in [0.15, 0.2) is 0 Å². The third-order valence-electron chi connectivity index (χ3n) is 4.53. The van der Waals surface area contributed by atoms with Crippen LogP contribution in [0, 0.1) is 5.92 Å². The molecule has 3 rings (SSSR count). The highest BCUT2D eigenvalue weighted by Gasteiger charge is 2.31. The van der Waals surface area contributed by atoms with Crippen molar-refractivity contribution in [3.05, 3.63) is 35.6 Å². The number of benzene rings is 1. The van der Waals surface area contributed by atoms with Gasteiger partial charge in [-0.25, -0.2) is 0 Å². The standard InChI is InChI=1S/C17H24N2O/c1-12(13-8-9-13)19(3)11-17-15(10-18-2)14-6-4-5-7-16(14)20-17/h4-7,12-13,18H,8-11H2,1-3H3. The highest BCUT2D eigenvalue weighted by molar-refractivity contribution is 5.82. The van der Waals surface area contributed by atoms with Crippen molar-refractivity contribution < 1.29 is 4.42 Å². The lowest BCUT2D eigenvalue weighted by Crippen LogP contribution is -2.30. The number of hydrogen-bond donors (Lipinski definition) is 1. The van der Waals surface area contributed by atoms with Crippen molar-refractivity contribution in [2.24, 2.45) is 5.92 Å². The van der Waals surface area contributed by atoms with Gasteiger partial charge in [-0.1, -0.05) is 18.2 Å². The summed E-state index contributed by atoms with van der Waals surface area (Å²) in [6, 6.07) is 8.97. The zero-order valence-corrected chi connectivity index (χ0v) is 12.6. The van der Waals surface area contributed by atoms with Gasteiger partial charge in [-0.2, -0.15) is 0 Å². The molecule has 1 aliphatic carbocycles. The fourth-order valence-electron chi connectivity index (χ4n) is 2.96.